The third-order valence-corrected chi connectivity index (χ3v) is 4.97. The molecule has 0 aromatic heterocycles. The van der Waals surface area contributed by atoms with Crippen LogP contribution in [0.1, 0.15) is 24.8 Å². The van der Waals surface area contributed by atoms with Crippen LogP contribution in [0.5, 0.6) is 5.75 Å². The minimum atomic E-state index is 0.339. The Morgan fingerprint density at radius 1 is 1.27 bits per heavy atom. The van der Waals surface area contributed by atoms with Crippen LogP contribution in [0.15, 0.2) is 27.7 Å². The number of methoxy groups -OCH3 is 2. The number of nitrogens with one attached hydrogen (secondary N) is 1. The Bertz CT molecular complexity index is 575. The molecule has 0 amide bonds. The highest BCUT2D eigenvalue weighted by Crippen LogP contribution is 2.23. The lowest BCUT2D eigenvalue weighted by molar-refractivity contribution is 0.00989. The Balaban J connectivity index is 1.80. The first kappa shape index (κ1) is 21.0. The fraction of sp³-hybridized carbons (Fsp3) is 0.632. The standard InChI is InChI=1S/C19H30BrN3O3/c1-21-19(22-14-15-13-16(20)5-6-18(15)25-3)23-9-7-17(8-10-23)26-12-4-11-24-2/h5-6,13,17H,4,7-12,14H2,1-3H3,(H,21,22). The summed E-state index contributed by atoms with van der Waals surface area (Å²) in [7, 11) is 5.24. The fourth-order valence-corrected chi connectivity index (χ4v) is 3.49. The normalized spacial score (nSPS) is 16.0. The van der Waals surface area contributed by atoms with Crippen LogP contribution in [-0.4, -0.2) is 64.5 Å². The smallest absolute Gasteiger partial charge is 0.193 e. The van der Waals surface area contributed by atoms with E-state index in [9.17, 15) is 0 Å². The molecule has 1 N–H and O–H groups in total. The van der Waals surface area contributed by atoms with Crippen LogP contribution >= 0.6 is 15.9 Å². The summed E-state index contributed by atoms with van der Waals surface area (Å²) < 4.78 is 17.5. The first-order chi connectivity index (χ1) is 12.7. The molecule has 1 fully saturated rings. The van der Waals surface area contributed by atoms with Crippen molar-refractivity contribution < 1.29 is 14.2 Å². The van der Waals surface area contributed by atoms with Gasteiger partial charge in [0.15, 0.2) is 5.96 Å². The highest BCUT2D eigenvalue weighted by Gasteiger charge is 2.22. The monoisotopic (exact) mass is 427 g/mol. The maximum absolute atomic E-state index is 5.93. The molecule has 1 saturated heterocycles. The van der Waals surface area contributed by atoms with Gasteiger partial charge in [0.25, 0.3) is 0 Å². The Kier molecular flexibility index (Phi) is 9.22. The van der Waals surface area contributed by atoms with Crippen LogP contribution in [0.4, 0.5) is 0 Å². The number of likely N-dealkylation sites (tertiary alicyclic amines) is 1. The van der Waals surface area contributed by atoms with Crippen LogP contribution in [0.25, 0.3) is 0 Å². The summed E-state index contributed by atoms with van der Waals surface area (Å²) in [5.74, 6) is 1.80. The van der Waals surface area contributed by atoms with E-state index in [1.165, 1.54) is 0 Å². The van der Waals surface area contributed by atoms with Crippen molar-refractivity contribution in [3.63, 3.8) is 0 Å². The van der Waals surface area contributed by atoms with E-state index in [4.69, 9.17) is 14.2 Å². The van der Waals surface area contributed by atoms with Gasteiger partial charge >= 0.3 is 0 Å². The van der Waals surface area contributed by atoms with Gasteiger partial charge in [0.05, 0.1) is 13.2 Å². The van der Waals surface area contributed by atoms with E-state index >= 15 is 0 Å². The zero-order chi connectivity index (χ0) is 18.8. The van der Waals surface area contributed by atoms with Gasteiger partial charge in [-0.2, -0.15) is 0 Å². The second kappa shape index (κ2) is 11.4. The number of halogens is 1. The second-order valence-electron chi connectivity index (χ2n) is 6.26. The van der Waals surface area contributed by atoms with Crippen LogP contribution in [0.2, 0.25) is 0 Å². The molecule has 6 nitrogen and oxygen atoms in total. The van der Waals surface area contributed by atoms with Crippen LogP contribution in [0.3, 0.4) is 0 Å². The third kappa shape index (κ3) is 6.45. The van der Waals surface area contributed by atoms with E-state index in [1.807, 2.05) is 19.2 Å². The molecule has 1 heterocycles. The SMILES string of the molecule is CN=C(NCc1cc(Br)ccc1OC)N1CCC(OCCCOC)CC1. The summed E-state index contributed by atoms with van der Waals surface area (Å²) in [6.45, 7) is 4.10. The summed E-state index contributed by atoms with van der Waals surface area (Å²) in [5.41, 5.74) is 1.10. The topological polar surface area (TPSA) is 55.3 Å². The van der Waals surface area contributed by atoms with Gasteiger partial charge in [-0.05, 0) is 37.5 Å². The summed E-state index contributed by atoms with van der Waals surface area (Å²) in [4.78, 5) is 6.73. The molecular formula is C19H30BrN3O3. The van der Waals surface area contributed by atoms with E-state index in [1.54, 1.807) is 14.2 Å². The molecule has 2 rings (SSSR count). The number of hydrogen-bond donors (Lipinski definition) is 1. The summed E-state index contributed by atoms with van der Waals surface area (Å²) in [5, 5.41) is 3.45. The molecule has 0 atom stereocenters. The van der Waals surface area contributed by atoms with Gasteiger partial charge < -0.3 is 24.4 Å². The van der Waals surface area contributed by atoms with Crippen molar-refractivity contribution in [2.24, 2.45) is 4.99 Å². The van der Waals surface area contributed by atoms with Crippen LogP contribution < -0.4 is 10.1 Å². The van der Waals surface area contributed by atoms with E-state index < -0.39 is 0 Å². The molecular weight excluding hydrogens is 398 g/mol. The van der Waals surface area contributed by atoms with Crippen LogP contribution in [-0.2, 0) is 16.0 Å². The van der Waals surface area contributed by atoms with Crippen molar-refractivity contribution in [3.05, 3.63) is 28.2 Å². The largest absolute Gasteiger partial charge is 0.496 e. The van der Waals surface area contributed by atoms with Crippen molar-refractivity contribution >= 4 is 21.9 Å². The highest BCUT2D eigenvalue weighted by atomic mass is 79.9. The molecule has 7 heteroatoms. The number of benzene rings is 1. The maximum atomic E-state index is 5.93. The minimum absolute atomic E-state index is 0.339. The van der Waals surface area contributed by atoms with Gasteiger partial charge in [0.2, 0.25) is 0 Å². The second-order valence-corrected chi connectivity index (χ2v) is 7.18. The van der Waals surface area contributed by atoms with E-state index in [0.29, 0.717) is 12.6 Å². The molecule has 0 spiro atoms. The van der Waals surface area contributed by atoms with Crippen molar-refractivity contribution in [1.82, 2.24) is 10.2 Å². The van der Waals surface area contributed by atoms with Gasteiger partial charge in [-0.15, -0.1) is 0 Å². The Morgan fingerprint density at radius 2 is 2.04 bits per heavy atom. The predicted molar refractivity (Wildman–Crippen MR) is 108 cm³/mol. The zero-order valence-corrected chi connectivity index (χ0v) is 17.5. The molecule has 26 heavy (non-hydrogen) atoms. The van der Waals surface area contributed by atoms with Crippen molar-refractivity contribution in [3.8, 4) is 5.75 Å². The molecule has 0 radical (unpaired) electrons. The fourth-order valence-electron chi connectivity index (χ4n) is 3.08. The van der Waals surface area contributed by atoms with Gasteiger partial charge in [0, 0.05) is 57.0 Å². The minimum Gasteiger partial charge on any atom is -0.496 e. The molecule has 1 aromatic carbocycles. The number of ether oxygens (including phenoxy) is 3. The lowest BCUT2D eigenvalue weighted by Gasteiger charge is -2.34. The van der Waals surface area contributed by atoms with E-state index in [-0.39, 0.29) is 0 Å². The summed E-state index contributed by atoms with van der Waals surface area (Å²) in [6, 6.07) is 6.02. The third-order valence-electron chi connectivity index (χ3n) is 4.48. The molecule has 0 unspecified atom stereocenters. The van der Waals surface area contributed by atoms with E-state index in [0.717, 1.165) is 67.3 Å². The van der Waals surface area contributed by atoms with Gasteiger partial charge in [-0.1, -0.05) is 15.9 Å². The number of piperidine rings is 1. The Labute approximate surface area is 165 Å². The quantitative estimate of drug-likeness (QED) is 0.392. The molecule has 0 aliphatic carbocycles. The first-order valence-corrected chi connectivity index (χ1v) is 9.85. The van der Waals surface area contributed by atoms with Gasteiger partial charge in [0.1, 0.15) is 5.75 Å². The van der Waals surface area contributed by atoms with E-state index in [2.05, 4.69) is 37.2 Å². The van der Waals surface area contributed by atoms with Gasteiger partial charge in [-0.3, -0.25) is 4.99 Å². The van der Waals surface area contributed by atoms with Crippen molar-refractivity contribution in [2.45, 2.75) is 31.9 Å². The Hall–Kier alpha value is -1.31. The average molecular weight is 428 g/mol. The zero-order valence-electron chi connectivity index (χ0n) is 16.0. The summed E-state index contributed by atoms with van der Waals surface area (Å²) in [6.07, 6.45) is 3.34. The number of aliphatic imine (C=N–C) groups is 1. The number of rotatable bonds is 8. The molecule has 1 aliphatic heterocycles. The molecule has 1 aliphatic rings. The lowest BCUT2D eigenvalue weighted by Crippen LogP contribution is -2.46. The lowest BCUT2D eigenvalue weighted by atomic mass is 10.1. The van der Waals surface area contributed by atoms with Gasteiger partial charge in [-0.25, -0.2) is 0 Å². The molecule has 0 bridgehead atoms. The van der Waals surface area contributed by atoms with Crippen molar-refractivity contribution in [2.75, 3.05) is 47.6 Å². The average Bonchev–Trinajstić information content (AvgIpc) is 2.67. The molecule has 1 aromatic rings. The van der Waals surface area contributed by atoms with Crippen LogP contribution in [0, 0.1) is 0 Å². The molecule has 146 valence electrons. The predicted octanol–water partition coefficient (Wildman–Crippen LogP) is 3.05. The molecule has 0 saturated carbocycles. The number of guanidine groups is 1. The van der Waals surface area contributed by atoms with Crippen molar-refractivity contribution in [1.29, 1.82) is 0 Å². The first-order valence-electron chi connectivity index (χ1n) is 9.06. The summed E-state index contributed by atoms with van der Waals surface area (Å²) >= 11 is 3.52. The Morgan fingerprint density at radius 3 is 2.69 bits per heavy atom. The number of nitrogens with zero attached hydrogens (tertiary/aromatic N) is 2. The number of hydrogen-bond acceptors (Lipinski definition) is 4. The maximum Gasteiger partial charge on any atom is 0.193 e. The highest BCUT2D eigenvalue weighted by molar-refractivity contribution is 9.10.